The van der Waals surface area contributed by atoms with E-state index in [1.165, 1.54) is 0 Å². The monoisotopic (exact) mass is 469 g/mol. The molecule has 2 aliphatic heterocycles. The Morgan fingerprint density at radius 1 is 1.15 bits per heavy atom. The second-order valence-electron chi connectivity index (χ2n) is 9.43. The van der Waals surface area contributed by atoms with Crippen LogP contribution in [0.1, 0.15) is 38.6 Å². The molecule has 9 heteroatoms. The molecule has 2 atom stereocenters. The lowest BCUT2D eigenvalue weighted by Gasteiger charge is -2.40. The third-order valence-corrected chi connectivity index (χ3v) is 6.92. The standard InChI is InChI=1S/C24H31N5O3S/c1-17-14-27(11-12-28(17)23(31)32-24(2,3)4)21(30)20-16-33-22(26(20)5)18-13-25-29(15-18)19-9-7-6-8-10-19/h6-10,13,15-17,22H,11-12,14H2,1-5H3/t17-,22?/m0/s1. The number of likely N-dealkylation sites (N-methyl/N-ethyl adjacent to an activating group) is 1. The van der Waals surface area contributed by atoms with E-state index in [2.05, 4.69) is 5.10 Å². The maximum absolute atomic E-state index is 13.3. The third kappa shape index (κ3) is 5.03. The van der Waals surface area contributed by atoms with Gasteiger partial charge in [-0.2, -0.15) is 5.10 Å². The van der Waals surface area contributed by atoms with Crippen LogP contribution in [0.3, 0.4) is 0 Å². The van der Waals surface area contributed by atoms with Crippen LogP contribution >= 0.6 is 11.8 Å². The molecular weight excluding hydrogens is 438 g/mol. The number of thioether (sulfide) groups is 1. The SMILES string of the molecule is C[C@H]1CN(C(=O)C2=CSC(c3cnn(-c4ccccc4)c3)N2C)CCN1C(=O)OC(C)(C)C. The summed E-state index contributed by atoms with van der Waals surface area (Å²) < 4.78 is 7.36. The lowest BCUT2D eigenvalue weighted by molar-refractivity contribution is -0.131. The topological polar surface area (TPSA) is 70.9 Å². The van der Waals surface area contributed by atoms with Crippen molar-refractivity contribution in [1.29, 1.82) is 0 Å². The normalized spacial score (nSPS) is 21.2. The summed E-state index contributed by atoms with van der Waals surface area (Å²) in [4.78, 5) is 31.3. The van der Waals surface area contributed by atoms with Crippen molar-refractivity contribution in [3.8, 4) is 5.69 Å². The average molecular weight is 470 g/mol. The predicted molar refractivity (Wildman–Crippen MR) is 129 cm³/mol. The first-order valence-electron chi connectivity index (χ1n) is 11.1. The Morgan fingerprint density at radius 2 is 1.88 bits per heavy atom. The number of amides is 2. The van der Waals surface area contributed by atoms with Crippen LogP contribution in [0.2, 0.25) is 0 Å². The van der Waals surface area contributed by atoms with Crippen molar-refractivity contribution in [3.05, 3.63) is 59.4 Å². The lowest BCUT2D eigenvalue weighted by atomic mass is 10.1. The van der Waals surface area contributed by atoms with Crippen molar-refractivity contribution in [3.63, 3.8) is 0 Å². The summed E-state index contributed by atoms with van der Waals surface area (Å²) in [7, 11) is 1.94. The van der Waals surface area contributed by atoms with E-state index in [9.17, 15) is 9.59 Å². The van der Waals surface area contributed by atoms with Gasteiger partial charge in [-0.05, 0) is 39.8 Å². The predicted octanol–water partition coefficient (Wildman–Crippen LogP) is 3.86. The van der Waals surface area contributed by atoms with Gasteiger partial charge in [-0.1, -0.05) is 18.2 Å². The zero-order chi connectivity index (χ0) is 23.8. The first kappa shape index (κ1) is 23.2. The van der Waals surface area contributed by atoms with E-state index in [4.69, 9.17) is 4.74 Å². The Kier molecular flexibility index (Phi) is 6.43. The van der Waals surface area contributed by atoms with Gasteiger partial charge in [0, 0.05) is 49.9 Å². The molecule has 1 unspecified atom stereocenters. The average Bonchev–Trinajstić information content (AvgIpc) is 3.39. The fourth-order valence-electron chi connectivity index (χ4n) is 4.02. The number of ether oxygens (including phenoxy) is 1. The number of hydrogen-bond acceptors (Lipinski definition) is 6. The minimum atomic E-state index is -0.540. The first-order chi connectivity index (χ1) is 15.6. The number of para-hydroxylation sites is 1. The highest BCUT2D eigenvalue weighted by Gasteiger charge is 2.37. The molecule has 1 aromatic carbocycles. The Morgan fingerprint density at radius 3 is 2.55 bits per heavy atom. The van der Waals surface area contributed by atoms with Crippen LogP contribution in [0, 0.1) is 0 Å². The summed E-state index contributed by atoms with van der Waals surface area (Å²) in [6.07, 6.45) is 3.53. The van der Waals surface area contributed by atoms with E-state index < -0.39 is 5.60 Å². The molecule has 176 valence electrons. The fraction of sp³-hybridized carbons (Fsp3) is 0.458. The molecule has 1 saturated heterocycles. The summed E-state index contributed by atoms with van der Waals surface area (Å²) in [5.41, 5.74) is 2.15. The summed E-state index contributed by atoms with van der Waals surface area (Å²) in [6, 6.07) is 9.84. The van der Waals surface area contributed by atoms with Crippen LogP contribution in [-0.2, 0) is 9.53 Å². The molecule has 0 aliphatic carbocycles. The summed E-state index contributed by atoms with van der Waals surface area (Å²) in [5.74, 6) is -0.0151. The van der Waals surface area contributed by atoms with Crippen molar-refractivity contribution in [1.82, 2.24) is 24.5 Å². The molecule has 2 aliphatic rings. The van der Waals surface area contributed by atoms with Gasteiger partial charge in [-0.15, -0.1) is 11.8 Å². The van der Waals surface area contributed by atoms with Gasteiger partial charge in [0.1, 0.15) is 16.7 Å². The molecule has 8 nitrogen and oxygen atoms in total. The molecule has 0 N–H and O–H groups in total. The van der Waals surface area contributed by atoms with Gasteiger partial charge in [0.05, 0.1) is 11.9 Å². The fourth-order valence-corrected chi connectivity index (χ4v) is 5.12. The highest BCUT2D eigenvalue weighted by molar-refractivity contribution is 8.02. The molecule has 0 bridgehead atoms. The molecule has 0 saturated carbocycles. The number of carbonyl (C=O) groups is 2. The zero-order valence-electron chi connectivity index (χ0n) is 19.8. The molecule has 4 rings (SSSR count). The molecule has 2 aromatic rings. The molecule has 2 amide bonds. The van der Waals surface area contributed by atoms with Crippen LogP contribution < -0.4 is 0 Å². The van der Waals surface area contributed by atoms with Gasteiger partial charge in [-0.25, -0.2) is 9.48 Å². The van der Waals surface area contributed by atoms with Gasteiger partial charge in [0.15, 0.2) is 0 Å². The van der Waals surface area contributed by atoms with Gasteiger partial charge in [0.2, 0.25) is 0 Å². The minimum absolute atomic E-state index is 0.0121. The van der Waals surface area contributed by atoms with Crippen LogP contribution in [0.15, 0.2) is 53.8 Å². The number of piperazine rings is 1. The van der Waals surface area contributed by atoms with Crippen molar-refractivity contribution in [2.75, 3.05) is 26.7 Å². The highest BCUT2D eigenvalue weighted by atomic mass is 32.2. The molecule has 3 heterocycles. The largest absolute Gasteiger partial charge is 0.444 e. The number of nitrogens with zero attached hydrogens (tertiary/aromatic N) is 5. The van der Waals surface area contributed by atoms with Gasteiger partial charge < -0.3 is 19.4 Å². The van der Waals surface area contributed by atoms with E-state index in [1.54, 1.807) is 16.7 Å². The van der Waals surface area contributed by atoms with Gasteiger partial charge >= 0.3 is 6.09 Å². The van der Waals surface area contributed by atoms with Crippen molar-refractivity contribution in [2.45, 2.75) is 44.7 Å². The Bertz CT molecular complexity index is 1050. The number of hydrogen-bond donors (Lipinski definition) is 0. The van der Waals surface area contributed by atoms with Gasteiger partial charge in [-0.3, -0.25) is 4.79 Å². The molecular formula is C24H31N5O3S. The maximum atomic E-state index is 13.3. The number of carbonyl (C=O) groups excluding carboxylic acids is 2. The zero-order valence-corrected chi connectivity index (χ0v) is 20.6. The van der Waals surface area contributed by atoms with E-state index in [1.807, 2.05) is 97.4 Å². The van der Waals surface area contributed by atoms with E-state index in [-0.39, 0.29) is 23.4 Å². The molecule has 1 aromatic heterocycles. The first-order valence-corrected chi connectivity index (χ1v) is 12.1. The Balaban J connectivity index is 1.38. The second-order valence-corrected chi connectivity index (χ2v) is 10.4. The maximum Gasteiger partial charge on any atom is 0.410 e. The summed E-state index contributed by atoms with van der Waals surface area (Å²) in [6.45, 7) is 8.93. The van der Waals surface area contributed by atoms with Crippen molar-refractivity contribution in [2.24, 2.45) is 0 Å². The number of aromatic nitrogens is 2. The van der Waals surface area contributed by atoms with E-state index in [0.717, 1.165) is 11.3 Å². The third-order valence-electron chi connectivity index (χ3n) is 5.71. The van der Waals surface area contributed by atoms with Crippen LogP contribution in [0.4, 0.5) is 4.79 Å². The summed E-state index contributed by atoms with van der Waals surface area (Å²) in [5, 5.41) is 6.41. The van der Waals surface area contributed by atoms with Crippen LogP contribution in [-0.4, -0.2) is 74.8 Å². The van der Waals surface area contributed by atoms with Crippen molar-refractivity contribution < 1.29 is 14.3 Å². The van der Waals surface area contributed by atoms with Gasteiger partial charge in [0.25, 0.3) is 5.91 Å². The quantitative estimate of drug-likeness (QED) is 0.680. The lowest BCUT2D eigenvalue weighted by Crippen LogP contribution is -2.56. The Labute approximate surface area is 199 Å². The van der Waals surface area contributed by atoms with E-state index in [0.29, 0.717) is 25.3 Å². The number of rotatable bonds is 3. The molecule has 0 spiro atoms. The highest BCUT2D eigenvalue weighted by Crippen LogP contribution is 2.42. The molecule has 0 radical (unpaired) electrons. The number of benzene rings is 1. The summed E-state index contributed by atoms with van der Waals surface area (Å²) >= 11 is 1.60. The Hall–Kier alpha value is -2.94. The molecule has 33 heavy (non-hydrogen) atoms. The minimum Gasteiger partial charge on any atom is -0.444 e. The van der Waals surface area contributed by atoms with Crippen LogP contribution in [0.25, 0.3) is 5.69 Å². The smallest absolute Gasteiger partial charge is 0.410 e. The molecule has 1 fully saturated rings. The van der Waals surface area contributed by atoms with Crippen LogP contribution in [0.5, 0.6) is 0 Å². The van der Waals surface area contributed by atoms with E-state index >= 15 is 0 Å². The van der Waals surface area contributed by atoms with Crippen molar-refractivity contribution >= 4 is 23.8 Å². The second kappa shape index (κ2) is 9.13.